The molecular weight excluding hydrogens is 310 g/mol. The molecule has 1 aliphatic carbocycles. The van der Waals surface area contributed by atoms with Crippen molar-refractivity contribution in [2.24, 2.45) is 5.41 Å². The van der Waals surface area contributed by atoms with E-state index in [-0.39, 0.29) is 11.5 Å². The summed E-state index contributed by atoms with van der Waals surface area (Å²) in [6.07, 6.45) is 0.946. The van der Waals surface area contributed by atoms with Crippen molar-refractivity contribution < 1.29 is 9.90 Å². The molecule has 0 aliphatic heterocycles. The number of halogens is 1. The van der Waals surface area contributed by atoms with Gasteiger partial charge in [-0.25, -0.2) is 4.79 Å². The molecule has 0 spiro atoms. The Balaban J connectivity index is 2.08. The zero-order chi connectivity index (χ0) is 16.6. The monoisotopic (exact) mass is 329 g/mol. The number of amides is 1. The summed E-state index contributed by atoms with van der Waals surface area (Å²) in [5, 5.41) is 12.6. The van der Waals surface area contributed by atoms with Gasteiger partial charge in [0.15, 0.2) is 0 Å². The normalized spacial score (nSPS) is 19.0. The molecule has 0 saturated heterocycles. The smallest absolute Gasteiger partial charge is 0.405 e. The first-order valence-corrected chi connectivity index (χ1v) is 8.13. The van der Waals surface area contributed by atoms with Gasteiger partial charge in [-0.3, -0.25) is 0 Å². The average Bonchev–Trinajstić information content (AvgIpc) is 2.49. The second-order valence-corrected chi connectivity index (χ2v) is 7.23. The molecule has 3 rings (SSSR count). The van der Waals surface area contributed by atoms with E-state index in [0.29, 0.717) is 5.02 Å². The molecule has 0 saturated carbocycles. The van der Waals surface area contributed by atoms with Crippen LogP contribution in [0.2, 0.25) is 5.02 Å². The van der Waals surface area contributed by atoms with Crippen molar-refractivity contribution in [1.29, 1.82) is 0 Å². The molecule has 1 unspecified atom stereocenters. The fourth-order valence-corrected chi connectivity index (χ4v) is 3.55. The van der Waals surface area contributed by atoms with Crippen LogP contribution in [0.5, 0.6) is 0 Å². The lowest BCUT2D eigenvalue weighted by Crippen LogP contribution is -2.40. The Labute approximate surface area is 141 Å². The number of rotatable bonds is 2. The quantitative estimate of drug-likeness (QED) is 0.786. The Hall–Kier alpha value is -2.00. The van der Waals surface area contributed by atoms with Crippen LogP contribution in [0.15, 0.2) is 42.5 Å². The standard InChI is InChI=1S/C19H20ClNO2/c1-19(2)9-8-12-6-7-14(13-4-3-5-15(20)10-13)11-16(12)17(19)21-18(22)23/h3-7,10-11,17,21H,8-9H2,1-2H3,(H,22,23). The van der Waals surface area contributed by atoms with Crippen LogP contribution in [0.3, 0.4) is 0 Å². The lowest BCUT2D eigenvalue weighted by atomic mass is 9.70. The van der Waals surface area contributed by atoms with Crippen LogP contribution in [0.4, 0.5) is 4.79 Å². The van der Waals surface area contributed by atoms with Crippen LogP contribution in [-0.4, -0.2) is 11.2 Å². The average molecular weight is 330 g/mol. The topological polar surface area (TPSA) is 49.3 Å². The maximum atomic E-state index is 11.2. The van der Waals surface area contributed by atoms with E-state index in [4.69, 9.17) is 11.6 Å². The highest BCUT2D eigenvalue weighted by Crippen LogP contribution is 2.44. The van der Waals surface area contributed by atoms with Crippen LogP contribution in [0, 0.1) is 5.41 Å². The van der Waals surface area contributed by atoms with Crippen molar-refractivity contribution in [1.82, 2.24) is 5.32 Å². The summed E-state index contributed by atoms with van der Waals surface area (Å²) in [5.74, 6) is 0. The largest absolute Gasteiger partial charge is 0.465 e. The molecular formula is C19H20ClNO2. The predicted molar refractivity (Wildman–Crippen MR) is 92.9 cm³/mol. The van der Waals surface area contributed by atoms with Crippen LogP contribution < -0.4 is 5.32 Å². The maximum absolute atomic E-state index is 11.2. The van der Waals surface area contributed by atoms with Gasteiger partial charge in [0.1, 0.15) is 0 Å². The Morgan fingerprint density at radius 1 is 1.22 bits per heavy atom. The molecule has 2 aromatic rings. The van der Waals surface area contributed by atoms with Crippen molar-refractivity contribution in [3.05, 3.63) is 58.6 Å². The second kappa shape index (κ2) is 5.89. The number of carbonyl (C=O) groups is 1. The molecule has 0 fully saturated rings. The molecule has 120 valence electrons. The van der Waals surface area contributed by atoms with Gasteiger partial charge in [-0.05, 0) is 58.7 Å². The molecule has 2 N–H and O–H groups in total. The minimum atomic E-state index is -0.982. The van der Waals surface area contributed by atoms with E-state index >= 15 is 0 Å². The van der Waals surface area contributed by atoms with Gasteiger partial charge >= 0.3 is 6.09 Å². The molecule has 1 amide bonds. The summed E-state index contributed by atoms with van der Waals surface area (Å²) in [6.45, 7) is 4.23. The summed E-state index contributed by atoms with van der Waals surface area (Å²) in [6, 6.07) is 13.8. The van der Waals surface area contributed by atoms with Crippen molar-refractivity contribution in [3.63, 3.8) is 0 Å². The Morgan fingerprint density at radius 3 is 2.65 bits per heavy atom. The van der Waals surface area contributed by atoms with E-state index in [1.165, 1.54) is 5.56 Å². The summed E-state index contributed by atoms with van der Waals surface area (Å²) >= 11 is 6.09. The number of fused-ring (bicyclic) bond motifs is 1. The number of benzene rings is 2. The molecule has 2 aromatic carbocycles. The number of carboxylic acid groups (broad SMARTS) is 1. The third-order valence-corrected chi connectivity index (χ3v) is 4.94. The number of aryl methyl sites for hydroxylation is 1. The highest BCUT2D eigenvalue weighted by molar-refractivity contribution is 6.30. The van der Waals surface area contributed by atoms with Crippen LogP contribution in [-0.2, 0) is 6.42 Å². The highest BCUT2D eigenvalue weighted by atomic mass is 35.5. The number of nitrogens with one attached hydrogen (secondary N) is 1. The van der Waals surface area contributed by atoms with Crippen molar-refractivity contribution in [2.45, 2.75) is 32.7 Å². The Morgan fingerprint density at radius 2 is 1.96 bits per heavy atom. The molecule has 3 nitrogen and oxygen atoms in total. The van der Waals surface area contributed by atoms with E-state index in [0.717, 1.165) is 29.5 Å². The van der Waals surface area contributed by atoms with E-state index in [1.807, 2.05) is 24.3 Å². The molecule has 1 atom stereocenters. The summed E-state index contributed by atoms with van der Waals surface area (Å²) in [5.41, 5.74) is 4.27. The zero-order valence-corrected chi connectivity index (χ0v) is 14.0. The van der Waals surface area contributed by atoms with Crippen molar-refractivity contribution in [3.8, 4) is 11.1 Å². The van der Waals surface area contributed by atoms with Gasteiger partial charge in [0.05, 0.1) is 6.04 Å². The summed E-state index contributed by atoms with van der Waals surface area (Å²) < 4.78 is 0. The lowest BCUT2D eigenvalue weighted by Gasteiger charge is -2.40. The fraction of sp³-hybridized carbons (Fsp3) is 0.316. The van der Waals surface area contributed by atoms with E-state index in [1.54, 1.807) is 0 Å². The zero-order valence-electron chi connectivity index (χ0n) is 13.3. The third kappa shape index (κ3) is 3.20. The van der Waals surface area contributed by atoms with Gasteiger partial charge in [-0.2, -0.15) is 0 Å². The van der Waals surface area contributed by atoms with E-state index in [2.05, 4.69) is 37.4 Å². The maximum Gasteiger partial charge on any atom is 0.405 e. The lowest BCUT2D eigenvalue weighted by molar-refractivity contribution is 0.161. The Kier molecular flexibility index (Phi) is 4.07. The van der Waals surface area contributed by atoms with Crippen LogP contribution >= 0.6 is 11.6 Å². The SMILES string of the molecule is CC1(C)CCc2ccc(-c3cccc(Cl)c3)cc2C1NC(=O)O. The minimum absolute atomic E-state index is 0.113. The van der Waals surface area contributed by atoms with E-state index in [9.17, 15) is 9.90 Å². The van der Waals surface area contributed by atoms with Gasteiger partial charge in [0.2, 0.25) is 0 Å². The first-order chi connectivity index (χ1) is 10.9. The van der Waals surface area contributed by atoms with E-state index < -0.39 is 6.09 Å². The number of hydrogen-bond donors (Lipinski definition) is 2. The molecule has 0 heterocycles. The first-order valence-electron chi connectivity index (χ1n) is 7.75. The van der Waals surface area contributed by atoms with Gasteiger partial charge in [-0.15, -0.1) is 0 Å². The highest BCUT2D eigenvalue weighted by Gasteiger charge is 2.37. The van der Waals surface area contributed by atoms with Crippen molar-refractivity contribution in [2.75, 3.05) is 0 Å². The van der Waals surface area contributed by atoms with Gasteiger partial charge < -0.3 is 10.4 Å². The van der Waals surface area contributed by atoms with Gasteiger partial charge in [0.25, 0.3) is 0 Å². The molecule has 0 aromatic heterocycles. The number of hydrogen-bond acceptors (Lipinski definition) is 1. The second-order valence-electron chi connectivity index (χ2n) is 6.80. The fourth-order valence-electron chi connectivity index (χ4n) is 3.36. The Bertz CT molecular complexity index is 755. The van der Waals surface area contributed by atoms with Crippen LogP contribution in [0.1, 0.15) is 37.4 Å². The summed E-state index contributed by atoms with van der Waals surface area (Å²) in [7, 11) is 0. The first kappa shape index (κ1) is 15.9. The van der Waals surface area contributed by atoms with Gasteiger partial charge in [0, 0.05) is 5.02 Å². The molecule has 4 heteroatoms. The molecule has 0 bridgehead atoms. The summed E-state index contributed by atoms with van der Waals surface area (Å²) in [4.78, 5) is 11.2. The minimum Gasteiger partial charge on any atom is -0.465 e. The molecule has 23 heavy (non-hydrogen) atoms. The predicted octanol–water partition coefficient (Wildman–Crippen LogP) is 5.29. The molecule has 1 aliphatic rings. The third-order valence-electron chi connectivity index (χ3n) is 4.70. The molecule has 0 radical (unpaired) electrons. The van der Waals surface area contributed by atoms with Crippen molar-refractivity contribution >= 4 is 17.7 Å². The van der Waals surface area contributed by atoms with Gasteiger partial charge in [-0.1, -0.05) is 49.7 Å². The van der Waals surface area contributed by atoms with Crippen LogP contribution in [0.25, 0.3) is 11.1 Å².